The number of rotatable bonds is 3. The van der Waals surface area contributed by atoms with Gasteiger partial charge in [0.2, 0.25) is 0 Å². The van der Waals surface area contributed by atoms with Gasteiger partial charge in [0.05, 0.1) is 6.04 Å². The second-order valence-corrected chi connectivity index (χ2v) is 6.95. The normalized spacial score (nSPS) is 16.3. The summed E-state index contributed by atoms with van der Waals surface area (Å²) in [6.45, 7) is 1.97. The lowest BCUT2D eigenvalue weighted by Crippen LogP contribution is -2.29. The Bertz CT molecular complexity index is 612. The molecule has 2 nitrogen and oxygen atoms in total. The number of hydrogen-bond donors (Lipinski definition) is 2. The highest BCUT2D eigenvalue weighted by Crippen LogP contribution is 2.35. The minimum atomic E-state index is -0.262. The van der Waals surface area contributed by atoms with E-state index in [-0.39, 0.29) is 11.9 Å². The zero-order valence-corrected chi connectivity index (χ0v) is 13.1. The summed E-state index contributed by atoms with van der Waals surface area (Å²) in [4.78, 5) is 2.57. The fraction of sp³-hybridized carbons (Fsp3) is 0.412. The zero-order chi connectivity index (χ0) is 14.8. The zero-order valence-electron chi connectivity index (χ0n) is 12.3. The molecule has 112 valence electrons. The third-order valence-corrected chi connectivity index (χ3v) is 5.48. The van der Waals surface area contributed by atoms with Crippen molar-refractivity contribution in [2.45, 2.75) is 45.1 Å². The highest BCUT2D eigenvalue weighted by atomic mass is 32.1. The average molecular weight is 304 g/mol. The molecule has 1 aromatic heterocycles. The van der Waals surface area contributed by atoms with Crippen molar-refractivity contribution in [3.63, 3.8) is 0 Å². The molecule has 21 heavy (non-hydrogen) atoms. The smallest absolute Gasteiger partial charge is 0.128 e. The van der Waals surface area contributed by atoms with Crippen LogP contribution in [-0.2, 0) is 12.8 Å². The van der Waals surface area contributed by atoms with Crippen LogP contribution in [0, 0.1) is 12.7 Å². The van der Waals surface area contributed by atoms with Crippen LogP contribution in [0.4, 0.5) is 4.39 Å². The maximum atomic E-state index is 14.1. The molecule has 1 aliphatic carbocycles. The summed E-state index contributed by atoms with van der Waals surface area (Å²) in [6.07, 6.45) is 6.10. The Balaban J connectivity index is 1.98. The molecule has 3 N–H and O–H groups in total. The Morgan fingerprint density at radius 1 is 1.19 bits per heavy atom. The topological polar surface area (TPSA) is 38.0 Å². The second kappa shape index (κ2) is 6.26. The first kappa shape index (κ1) is 14.7. The molecule has 2 aromatic rings. The molecule has 0 radical (unpaired) electrons. The number of hydrazine groups is 1. The maximum Gasteiger partial charge on any atom is 0.128 e. The van der Waals surface area contributed by atoms with Crippen LogP contribution in [0.3, 0.4) is 0 Å². The number of halogens is 1. The highest BCUT2D eigenvalue weighted by Gasteiger charge is 2.21. The molecule has 3 rings (SSSR count). The Labute approximate surface area is 129 Å². The average Bonchev–Trinajstić information content (AvgIpc) is 2.74. The first-order valence-corrected chi connectivity index (χ1v) is 8.34. The van der Waals surface area contributed by atoms with E-state index in [4.69, 9.17) is 5.84 Å². The number of hydrogen-bond acceptors (Lipinski definition) is 3. The van der Waals surface area contributed by atoms with Gasteiger partial charge in [0.1, 0.15) is 5.82 Å². The van der Waals surface area contributed by atoms with Gasteiger partial charge in [0, 0.05) is 15.3 Å². The van der Waals surface area contributed by atoms with Gasteiger partial charge in [0.15, 0.2) is 0 Å². The third kappa shape index (κ3) is 3.03. The fourth-order valence-corrected chi connectivity index (χ4v) is 4.38. The van der Waals surface area contributed by atoms with Gasteiger partial charge in [-0.05, 0) is 50.3 Å². The Hall–Kier alpha value is -1.23. The molecule has 1 aliphatic rings. The monoisotopic (exact) mass is 304 g/mol. The first-order chi connectivity index (χ1) is 10.2. The quantitative estimate of drug-likeness (QED) is 0.511. The van der Waals surface area contributed by atoms with E-state index in [0.717, 1.165) is 23.3 Å². The molecule has 0 fully saturated rings. The van der Waals surface area contributed by atoms with E-state index in [1.54, 1.807) is 17.4 Å². The largest absolute Gasteiger partial charge is 0.271 e. The molecule has 1 aromatic carbocycles. The van der Waals surface area contributed by atoms with Crippen LogP contribution in [0.15, 0.2) is 24.3 Å². The molecule has 0 saturated carbocycles. The van der Waals surface area contributed by atoms with Crippen LogP contribution in [0.5, 0.6) is 0 Å². The summed E-state index contributed by atoms with van der Waals surface area (Å²) in [6, 6.07) is 7.15. The molecule has 1 atom stereocenters. The summed E-state index contributed by atoms with van der Waals surface area (Å²) in [5.41, 5.74) is 5.91. The molecule has 0 amide bonds. The third-order valence-electron chi connectivity index (χ3n) is 4.18. The predicted octanol–water partition coefficient (Wildman–Crippen LogP) is 4.02. The molecule has 4 heteroatoms. The number of thiophene rings is 1. The lowest BCUT2D eigenvalue weighted by Gasteiger charge is -2.16. The number of aryl methyl sites for hydroxylation is 3. The van der Waals surface area contributed by atoms with Crippen LogP contribution in [0.25, 0.3) is 0 Å². The van der Waals surface area contributed by atoms with Gasteiger partial charge >= 0.3 is 0 Å². The van der Waals surface area contributed by atoms with Crippen LogP contribution in [-0.4, -0.2) is 0 Å². The van der Waals surface area contributed by atoms with E-state index in [1.807, 2.05) is 13.0 Å². The van der Waals surface area contributed by atoms with E-state index in [1.165, 1.54) is 35.8 Å². The molecular formula is C17H21FN2S. The second-order valence-electron chi connectivity index (χ2n) is 5.78. The Morgan fingerprint density at radius 2 is 2.00 bits per heavy atom. The van der Waals surface area contributed by atoms with E-state index in [2.05, 4.69) is 11.5 Å². The number of fused-ring (bicyclic) bond motifs is 1. The molecule has 0 saturated heterocycles. The van der Waals surface area contributed by atoms with Gasteiger partial charge < -0.3 is 0 Å². The Morgan fingerprint density at radius 3 is 2.81 bits per heavy atom. The number of nitrogens with two attached hydrogens (primary N) is 1. The van der Waals surface area contributed by atoms with Gasteiger partial charge in [-0.3, -0.25) is 5.84 Å². The van der Waals surface area contributed by atoms with Crippen molar-refractivity contribution < 1.29 is 4.39 Å². The number of nitrogens with one attached hydrogen (secondary N) is 1. The van der Waals surface area contributed by atoms with Gasteiger partial charge in [0.25, 0.3) is 0 Å². The fourth-order valence-electron chi connectivity index (χ4n) is 3.04. The minimum absolute atomic E-state index is 0.202. The van der Waals surface area contributed by atoms with Gasteiger partial charge in [-0.15, -0.1) is 11.3 Å². The molecule has 0 bridgehead atoms. The van der Waals surface area contributed by atoms with Crippen molar-refractivity contribution >= 4 is 11.3 Å². The molecule has 0 aliphatic heterocycles. The summed E-state index contributed by atoms with van der Waals surface area (Å²) in [5, 5.41) is 0. The van der Waals surface area contributed by atoms with E-state index in [0.29, 0.717) is 5.56 Å². The van der Waals surface area contributed by atoms with Crippen LogP contribution >= 0.6 is 11.3 Å². The first-order valence-electron chi connectivity index (χ1n) is 7.52. The maximum absolute atomic E-state index is 14.1. The summed E-state index contributed by atoms with van der Waals surface area (Å²) in [7, 11) is 0. The molecular weight excluding hydrogens is 283 g/mol. The van der Waals surface area contributed by atoms with Crippen LogP contribution in [0.1, 0.15) is 51.7 Å². The lowest BCUT2D eigenvalue weighted by molar-refractivity contribution is 0.563. The van der Waals surface area contributed by atoms with Crippen LogP contribution < -0.4 is 11.3 Å². The van der Waals surface area contributed by atoms with E-state index >= 15 is 0 Å². The van der Waals surface area contributed by atoms with Crippen molar-refractivity contribution in [2.24, 2.45) is 5.84 Å². The number of benzene rings is 1. The summed E-state index contributed by atoms with van der Waals surface area (Å²) >= 11 is 1.78. The van der Waals surface area contributed by atoms with Gasteiger partial charge in [-0.2, -0.15) is 0 Å². The van der Waals surface area contributed by atoms with Crippen molar-refractivity contribution in [2.75, 3.05) is 0 Å². The van der Waals surface area contributed by atoms with Crippen molar-refractivity contribution in [1.29, 1.82) is 0 Å². The van der Waals surface area contributed by atoms with Crippen molar-refractivity contribution in [1.82, 2.24) is 5.43 Å². The van der Waals surface area contributed by atoms with Crippen molar-refractivity contribution in [3.05, 3.63) is 56.5 Å². The SMILES string of the molecule is Cc1ccc(F)c(C(NN)c2cc3c(s2)CCCCC3)c1. The molecule has 1 heterocycles. The standard InChI is InChI=1S/C17H21FN2S/c1-11-7-8-14(18)13(9-11)17(20-19)16-10-12-5-3-2-4-6-15(12)21-16/h7-10,17,20H,2-6,19H2,1H3. The molecule has 1 unspecified atom stereocenters. The van der Waals surface area contributed by atoms with Crippen molar-refractivity contribution in [3.8, 4) is 0 Å². The van der Waals surface area contributed by atoms with Crippen LogP contribution in [0.2, 0.25) is 0 Å². The minimum Gasteiger partial charge on any atom is -0.271 e. The van der Waals surface area contributed by atoms with Gasteiger partial charge in [-0.25, -0.2) is 9.82 Å². The summed E-state index contributed by atoms with van der Waals surface area (Å²) in [5.74, 6) is 5.53. The highest BCUT2D eigenvalue weighted by molar-refractivity contribution is 7.12. The summed E-state index contributed by atoms with van der Waals surface area (Å²) < 4.78 is 14.1. The lowest BCUT2D eigenvalue weighted by atomic mass is 10.0. The van der Waals surface area contributed by atoms with E-state index in [9.17, 15) is 4.39 Å². The Kier molecular flexibility index (Phi) is 4.38. The van der Waals surface area contributed by atoms with Gasteiger partial charge in [-0.1, -0.05) is 24.1 Å². The predicted molar refractivity (Wildman–Crippen MR) is 85.9 cm³/mol. The molecule has 0 spiro atoms. The van der Waals surface area contributed by atoms with E-state index < -0.39 is 0 Å².